The van der Waals surface area contributed by atoms with Gasteiger partial charge in [0.25, 0.3) is 0 Å². The van der Waals surface area contributed by atoms with Crippen LogP contribution >= 0.6 is 12.6 Å². The molecule has 0 aromatic heterocycles. The molecule has 0 aliphatic heterocycles. The maximum absolute atomic E-state index is 11.7. The highest BCUT2D eigenvalue weighted by Gasteiger charge is 2.70. The van der Waals surface area contributed by atoms with Gasteiger partial charge in [-0.25, -0.2) is 4.79 Å². The summed E-state index contributed by atoms with van der Waals surface area (Å²) in [5.74, 6) is -1.87. The molecule has 2 bridgehead atoms. The van der Waals surface area contributed by atoms with E-state index in [1.54, 1.807) is 6.07 Å². The lowest BCUT2D eigenvalue weighted by Gasteiger charge is -2.43. The highest BCUT2D eigenvalue weighted by Crippen LogP contribution is 2.69. The van der Waals surface area contributed by atoms with Crippen LogP contribution in [0.1, 0.15) is 40.0 Å². The molecule has 0 amide bonds. The Labute approximate surface area is 113 Å². The topological polar surface area (TPSA) is 70.3 Å². The average Bonchev–Trinajstić information content (AvgIpc) is 2.59. The van der Waals surface area contributed by atoms with Crippen LogP contribution in [0.15, 0.2) is 0 Å². The Balaban J connectivity index is 2.25. The molecule has 0 aromatic rings. The summed E-state index contributed by atoms with van der Waals surface area (Å²) in [6.07, 6.45) is 2.33. The number of rotatable bonds is 2. The minimum atomic E-state index is -1.46. The molecule has 100 valence electrons. The first-order chi connectivity index (χ1) is 8.18. The summed E-state index contributed by atoms with van der Waals surface area (Å²) in [4.78, 5) is 11.7. The number of hydrogen-bond donors (Lipinski definition) is 2. The van der Waals surface area contributed by atoms with Gasteiger partial charge in [-0.05, 0) is 24.2 Å². The molecule has 0 heterocycles. The second kappa shape index (κ2) is 3.88. The standard InChI is InChI=1S/C13H19NO3S/c1-11(2)8-4-5-12(11,3)13(16,6-8)17-10(15)9(18)7-14/h8-9,16,18H,4-6H2,1-3H3/t8-,9?,12-,13-/m1/s1. The van der Waals surface area contributed by atoms with Gasteiger partial charge in [0.15, 0.2) is 5.25 Å². The van der Waals surface area contributed by atoms with Gasteiger partial charge in [-0.2, -0.15) is 5.26 Å². The van der Waals surface area contributed by atoms with E-state index in [0.29, 0.717) is 12.3 Å². The first kappa shape index (κ1) is 13.7. The largest absolute Gasteiger partial charge is 0.431 e. The van der Waals surface area contributed by atoms with Crippen LogP contribution in [0.2, 0.25) is 0 Å². The Morgan fingerprint density at radius 3 is 2.56 bits per heavy atom. The lowest BCUT2D eigenvalue weighted by molar-refractivity contribution is -0.260. The van der Waals surface area contributed by atoms with E-state index in [2.05, 4.69) is 26.5 Å². The molecule has 1 N–H and O–H groups in total. The second-order valence-corrected chi connectivity index (χ2v) is 6.75. The van der Waals surface area contributed by atoms with Crippen molar-refractivity contribution in [1.82, 2.24) is 0 Å². The van der Waals surface area contributed by atoms with E-state index in [4.69, 9.17) is 10.00 Å². The minimum Gasteiger partial charge on any atom is -0.431 e. The zero-order valence-corrected chi connectivity index (χ0v) is 11.8. The predicted octanol–water partition coefficient (Wildman–Crippen LogP) is 1.89. The number of nitriles is 1. The normalized spacial score (nSPS) is 42.3. The Bertz CT molecular complexity index is 430. The summed E-state index contributed by atoms with van der Waals surface area (Å²) in [7, 11) is 0. The molecule has 1 unspecified atom stereocenters. The molecule has 2 rings (SSSR count). The highest BCUT2D eigenvalue weighted by atomic mass is 32.1. The average molecular weight is 269 g/mol. The van der Waals surface area contributed by atoms with Crippen LogP contribution in [0, 0.1) is 28.1 Å². The molecule has 2 aliphatic rings. The maximum Gasteiger partial charge on any atom is 0.335 e. The van der Waals surface area contributed by atoms with Crippen molar-refractivity contribution in [3.05, 3.63) is 0 Å². The Morgan fingerprint density at radius 1 is 1.56 bits per heavy atom. The number of nitrogens with zero attached hydrogens (tertiary/aromatic N) is 1. The first-order valence-corrected chi connectivity index (χ1v) is 6.72. The van der Waals surface area contributed by atoms with Gasteiger partial charge in [-0.15, -0.1) is 12.6 Å². The molecular weight excluding hydrogens is 250 g/mol. The number of hydrogen-bond acceptors (Lipinski definition) is 5. The Morgan fingerprint density at radius 2 is 2.17 bits per heavy atom. The molecule has 2 fully saturated rings. The summed E-state index contributed by atoms with van der Waals surface area (Å²) in [5.41, 5.74) is -0.524. The van der Waals surface area contributed by atoms with Crippen LogP contribution in [0.25, 0.3) is 0 Å². The molecule has 2 saturated carbocycles. The van der Waals surface area contributed by atoms with E-state index in [1.807, 2.05) is 6.92 Å². The van der Waals surface area contributed by atoms with Crippen molar-refractivity contribution in [3.63, 3.8) is 0 Å². The molecule has 4 atom stereocenters. The van der Waals surface area contributed by atoms with E-state index in [0.717, 1.165) is 12.8 Å². The number of carbonyl (C=O) groups is 1. The van der Waals surface area contributed by atoms with Gasteiger partial charge in [0.2, 0.25) is 5.79 Å². The predicted molar refractivity (Wildman–Crippen MR) is 68.7 cm³/mol. The molecular formula is C13H19NO3S. The molecule has 18 heavy (non-hydrogen) atoms. The van der Waals surface area contributed by atoms with Gasteiger partial charge in [-0.3, -0.25) is 0 Å². The first-order valence-electron chi connectivity index (χ1n) is 6.21. The molecule has 2 aliphatic carbocycles. The maximum atomic E-state index is 11.7. The van der Waals surface area contributed by atoms with Gasteiger partial charge in [-0.1, -0.05) is 20.8 Å². The summed E-state index contributed by atoms with van der Waals surface area (Å²) in [6.45, 7) is 6.19. The smallest absolute Gasteiger partial charge is 0.335 e. The number of carbonyl (C=O) groups excluding carboxylic acids is 1. The lowest BCUT2D eigenvalue weighted by Crippen LogP contribution is -2.51. The van der Waals surface area contributed by atoms with Crippen molar-refractivity contribution in [2.75, 3.05) is 0 Å². The van der Waals surface area contributed by atoms with Crippen LogP contribution in [0.3, 0.4) is 0 Å². The highest BCUT2D eigenvalue weighted by molar-refractivity contribution is 7.82. The van der Waals surface area contributed by atoms with Crippen LogP contribution in [-0.2, 0) is 9.53 Å². The lowest BCUT2D eigenvalue weighted by atomic mass is 9.68. The van der Waals surface area contributed by atoms with Crippen LogP contribution in [-0.4, -0.2) is 22.1 Å². The summed E-state index contributed by atoms with van der Waals surface area (Å²) < 4.78 is 5.24. The molecule has 0 saturated heterocycles. The van der Waals surface area contributed by atoms with Gasteiger partial charge < -0.3 is 9.84 Å². The van der Waals surface area contributed by atoms with Crippen molar-refractivity contribution in [1.29, 1.82) is 5.26 Å². The zero-order chi connectivity index (χ0) is 13.8. The molecule has 0 spiro atoms. The van der Waals surface area contributed by atoms with Crippen LogP contribution in [0.4, 0.5) is 0 Å². The SMILES string of the molecule is CC1(C)[C@@H]2CC[C@@]1(C)[C@](O)(OC(=O)C(S)C#N)C2. The van der Waals surface area contributed by atoms with E-state index >= 15 is 0 Å². The fourth-order valence-electron chi connectivity index (χ4n) is 3.64. The summed E-state index contributed by atoms with van der Waals surface area (Å²) >= 11 is 3.83. The zero-order valence-electron chi connectivity index (χ0n) is 10.9. The van der Waals surface area contributed by atoms with Gasteiger partial charge >= 0.3 is 5.97 Å². The monoisotopic (exact) mass is 269 g/mol. The van der Waals surface area contributed by atoms with Crippen molar-refractivity contribution < 1.29 is 14.6 Å². The molecule has 5 heteroatoms. The Hall–Kier alpha value is -0.730. The second-order valence-electron chi connectivity index (χ2n) is 6.23. The minimum absolute atomic E-state index is 0.0687. The van der Waals surface area contributed by atoms with Crippen molar-refractivity contribution in [2.45, 2.75) is 51.1 Å². The van der Waals surface area contributed by atoms with E-state index < -0.39 is 22.4 Å². The molecule has 0 radical (unpaired) electrons. The summed E-state index contributed by atoms with van der Waals surface area (Å²) in [5, 5.41) is 18.2. The van der Waals surface area contributed by atoms with E-state index in [1.165, 1.54) is 0 Å². The Kier molecular flexibility index (Phi) is 2.95. The van der Waals surface area contributed by atoms with Crippen molar-refractivity contribution in [3.8, 4) is 6.07 Å². The number of fused-ring (bicyclic) bond motifs is 2. The number of esters is 1. The number of aliphatic hydroxyl groups is 1. The van der Waals surface area contributed by atoms with E-state index in [-0.39, 0.29) is 5.41 Å². The molecule has 4 nitrogen and oxygen atoms in total. The van der Waals surface area contributed by atoms with Gasteiger partial charge in [0.1, 0.15) is 0 Å². The van der Waals surface area contributed by atoms with Crippen molar-refractivity contribution >= 4 is 18.6 Å². The van der Waals surface area contributed by atoms with Crippen LogP contribution < -0.4 is 0 Å². The van der Waals surface area contributed by atoms with Crippen molar-refractivity contribution in [2.24, 2.45) is 16.7 Å². The quantitative estimate of drug-likeness (QED) is 0.456. The molecule has 0 aromatic carbocycles. The third-order valence-electron chi connectivity index (χ3n) is 5.44. The summed E-state index contributed by atoms with van der Waals surface area (Å²) in [6, 6.07) is 1.71. The fourth-order valence-corrected chi connectivity index (χ4v) is 3.69. The number of ether oxygens (including phenoxy) is 1. The van der Waals surface area contributed by atoms with Gasteiger partial charge in [0.05, 0.1) is 6.07 Å². The van der Waals surface area contributed by atoms with Gasteiger partial charge in [0, 0.05) is 11.8 Å². The third-order valence-corrected chi connectivity index (χ3v) is 5.76. The van der Waals surface area contributed by atoms with Crippen LogP contribution in [0.5, 0.6) is 0 Å². The van der Waals surface area contributed by atoms with E-state index in [9.17, 15) is 9.90 Å². The number of thiol groups is 1. The fraction of sp³-hybridized carbons (Fsp3) is 0.846. The third kappa shape index (κ3) is 1.52.